The van der Waals surface area contributed by atoms with E-state index in [4.69, 9.17) is 10.7 Å². The molecule has 0 saturated heterocycles. The SMILES string of the molecule is Br.N#Cc1ccc(Cn2c3c(sc2=N)CCCC3)cc1. The van der Waals surface area contributed by atoms with Crippen molar-refractivity contribution in [1.29, 1.82) is 10.7 Å². The van der Waals surface area contributed by atoms with Gasteiger partial charge < -0.3 is 4.57 Å². The van der Waals surface area contributed by atoms with Gasteiger partial charge in [-0.1, -0.05) is 12.1 Å². The van der Waals surface area contributed by atoms with Crippen molar-refractivity contribution in [3.05, 3.63) is 50.8 Å². The second-order valence-corrected chi connectivity index (χ2v) is 5.96. The minimum atomic E-state index is 0. The highest BCUT2D eigenvalue weighted by Crippen LogP contribution is 2.24. The Morgan fingerprint density at radius 2 is 1.90 bits per heavy atom. The van der Waals surface area contributed by atoms with Crippen LogP contribution in [-0.4, -0.2) is 4.57 Å². The highest BCUT2D eigenvalue weighted by atomic mass is 79.9. The van der Waals surface area contributed by atoms with Crippen LogP contribution in [0.3, 0.4) is 0 Å². The van der Waals surface area contributed by atoms with Gasteiger partial charge >= 0.3 is 0 Å². The molecule has 0 radical (unpaired) electrons. The number of thiazole rings is 1. The van der Waals surface area contributed by atoms with E-state index in [0.717, 1.165) is 24.9 Å². The number of nitrogens with one attached hydrogen (secondary N) is 1. The van der Waals surface area contributed by atoms with Crippen LogP contribution in [0.1, 0.15) is 34.5 Å². The van der Waals surface area contributed by atoms with Crippen LogP contribution in [-0.2, 0) is 19.4 Å². The minimum Gasteiger partial charge on any atom is -0.317 e. The van der Waals surface area contributed by atoms with Gasteiger partial charge in [-0.05, 0) is 43.4 Å². The molecule has 3 rings (SSSR count). The molecule has 1 aliphatic rings. The largest absolute Gasteiger partial charge is 0.317 e. The maximum absolute atomic E-state index is 8.80. The maximum Gasteiger partial charge on any atom is 0.182 e. The van der Waals surface area contributed by atoms with E-state index >= 15 is 0 Å². The number of hydrogen-bond acceptors (Lipinski definition) is 3. The number of halogens is 1. The highest BCUT2D eigenvalue weighted by Gasteiger charge is 2.16. The summed E-state index contributed by atoms with van der Waals surface area (Å²) in [5.74, 6) is 0. The van der Waals surface area contributed by atoms with Gasteiger partial charge in [0.1, 0.15) is 0 Å². The van der Waals surface area contributed by atoms with Crippen LogP contribution in [0.4, 0.5) is 0 Å². The average molecular weight is 350 g/mol. The van der Waals surface area contributed by atoms with E-state index in [0.29, 0.717) is 10.4 Å². The fourth-order valence-electron chi connectivity index (χ4n) is 2.59. The van der Waals surface area contributed by atoms with Gasteiger partial charge in [0, 0.05) is 10.6 Å². The Balaban J connectivity index is 0.00000147. The molecule has 20 heavy (non-hydrogen) atoms. The molecule has 5 heteroatoms. The summed E-state index contributed by atoms with van der Waals surface area (Å²) in [4.78, 5) is 2.04. The van der Waals surface area contributed by atoms with Gasteiger partial charge in [-0.2, -0.15) is 5.26 Å². The number of aromatic nitrogens is 1. The Kier molecular flexibility index (Phi) is 4.79. The second-order valence-electron chi connectivity index (χ2n) is 4.88. The van der Waals surface area contributed by atoms with E-state index in [2.05, 4.69) is 10.6 Å². The Bertz CT molecular complexity index is 691. The number of rotatable bonds is 2. The molecule has 0 amide bonds. The molecule has 1 aliphatic carbocycles. The Morgan fingerprint density at radius 3 is 2.60 bits per heavy atom. The number of aryl methyl sites for hydroxylation is 1. The lowest BCUT2D eigenvalue weighted by atomic mass is 10.0. The van der Waals surface area contributed by atoms with Crippen molar-refractivity contribution in [2.24, 2.45) is 0 Å². The van der Waals surface area contributed by atoms with Crippen molar-refractivity contribution in [1.82, 2.24) is 4.57 Å². The van der Waals surface area contributed by atoms with Gasteiger partial charge in [0.05, 0.1) is 18.2 Å². The van der Waals surface area contributed by atoms with Crippen LogP contribution < -0.4 is 4.80 Å². The highest BCUT2D eigenvalue weighted by molar-refractivity contribution is 8.93. The molecule has 0 fully saturated rings. The number of benzene rings is 1. The standard InChI is InChI=1S/C15H15N3S.BrH/c16-9-11-5-7-12(8-6-11)10-18-13-3-1-2-4-14(13)19-15(18)17;/h5-8,17H,1-4,10H2;1H. The Hall–Kier alpha value is -1.38. The van der Waals surface area contributed by atoms with Crippen molar-refractivity contribution < 1.29 is 0 Å². The van der Waals surface area contributed by atoms with Gasteiger partial charge in [-0.3, -0.25) is 5.41 Å². The van der Waals surface area contributed by atoms with E-state index < -0.39 is 0 Å². The summed E-state index contributed by atoms with van der Waals surface area (Å²) in [5.41, 5.74) is 3.20. The molecule has 0 bridgehead atoms. The first kappa shape index (κ1) is 15.0. The monoisotopic (exact) mass is 349 g/mol. The topological polar surface area (TPSA) is 52.6 Å². The summed E-state index contributed by atoms with van der Waals surface area (Å²) < 4.78 is 2.13. The van der Waals surface area contributed by atoms with Crippen LogP contribution >= 0.6 is 28.3 Å². The average Bonchev–Trinajstić information content (AvgIpc) is 2.76. The molecule has 1 N–H and O–H groups in total. The molecule has 1 heterocycles. The number of nitrogens with zero attached hydrogens (tertiary/aromatic N) is 2. The molecule has 3 nitrogen and oxygen atoms in total. The summed E-state index contributed by atoms with van der Waals surface area (Å²) in [6.07, 6.45) is 4.72. The molecule has 104 valence electrons. The zero-order chi connectivity index (χ0) is 13.2. The Labute approximate surface area is 132 Å². The van der Waals surface area contributed by atoms with Crippen molar-refractivity contribution in [2.45, 2.75) is 32.2 Å². The molecule has 1 aromatic carbocycles. The zero-order valence-corrected chi connectivity index (χ0v) is 13.6. The third-order valence-corrected chi connectivity index (χ3v) is 4.70. The van der Waals surface area contributed by atoms with Crippen molar-refractivity contribution in [3.63, 3.8) is 0 Å². The predicted molar refractivity (Wildman–Crippen MR) is 85.4 cm³/mol. The quantitative estimate of drug-likeness (QED) is 0.887. The normalized spacial score (nSPS) is 13.2. The van der Waals surface area contributed by atoms with Gasteiger partial charge in [-0.25, -0.2) is 0 Å². The summed E-state index contributed by atoms with van der Waals surface area (Å²) in [5, 5.41) is 16.9. The number of fused-ring (bicyclic) bond motifs is 1. The van der Waals surface area contributed by atoms with E-state index in [1.54, 1.807) is 11.3 Å². The van der Waals surface area contributed by atoms with Gasteiger partial charge in [-0.15, -0.1) is 28.3 Å². The van der Waals surface area contributed by atoms with Crippen molar-refractivity contribution in [2.75, 3.05) is 0 Å². The molecule has 0 spiro atoms. The van der Waals surface area contributed by atoms with Crippen molar-refractivity contribution in [3.8, 4) is 6.07 Å². The molecular weight excluding hydrogens is 334 g/mol. The molecule has 2 aromatic rings. The van der Waals surface area contributed by atoms with Crippen LogP contribution in [0.5, 0.6) is 0 Å². The van der Waals surface area contributed by atoms with Gasteiger partial charge in [0.25, 0.3) is 0 Å². The molecular formula is C15H16BrN3S. The van der Waals surface area contributed by atoms with Crippen LogP contribution in [0, 0.1) is 16.7 Å². The zero-order valence-electron chi connectivity index (χ0n) is 11.1. The second kappa shape index (κ2) is 6.38. The first-order valence-corrected chi connectivity index (χ1v) is 7.34. The minimum absolute atomic E-state index is 0. The number of hydrogen-bond donors (Lipinski definition) is 1. The summed E-state index contributed by atoms with van der Waals surface area (Å²) in [7, 11) is 0. The number of nitriles is 1. The summed E-state index contributed by atoms with van der Waals surface area (Å²) in [6.45, 7) is 0.746. The van der Waals surface area contributed by atoms with Crippen LogP contribution in [0.15, 0.2) is 24.3 Å². The summed E-state index contributed by atoms with van der Waals surface area (Å²) in [6, 6.07) is 9.79. The summed E-state index contributed by atoms with van der Waals surface area (Å²) >= 11 is 1.62. The predicted octanol–water partition coefficient (Wildman–Crippen LogP) is 3.41. The van der Waals surface area contributed by atoms with Crippen molar-refractivity contribution >= 4 is 28.3 Å². The molecule has 0 unspecified atom stereocenters. The molecule has 0 saturated carbocycles. The van der Waals surface area contributed by atoms with Gasteiger partial charge in [0.2, 0.25) is 0 Å². The fraction of sp³-hybridized carbons (Fsp3) is 0.333. The third kappa shape index (κ3) is 2.87. The van der Waals surface area contributed by atoms with E-state index in [1.807, 2.05) is 24.3 Å². The first-order valence-electron chi connectivity index (χ1n) is 6.53. The molecule has 0 aliphatic heterocycles. The first-order chi connectivity index (χ1) is 9.28. The van der Waals surface area contributed by atoms with E-state index in [-0.39, 0.29) is 17.0 Å². The van der Waals surface area contributed by atoms with Crippen LogP contribution in [0.2, 0.25) is 0 Å². The van der Waals surface area contributed by atoms with Gasteiger partial charge in [0.15, 0.2) is 4.80 Å². The van der Waals surface area contributed by atoms with E-state index in [1.165, 1.54) is 23.4 Å². The fourth-order valence-corrected chi connectivity index (χ4v) is 3.68. The third-order valence-electron chi connectivity index (χ3n) is 3.60. The lowest BCUT2D eigenvalue weighted by Gasteiger charge is -2.14. The van der Waals surface area contributed by atoms with E-state index in [9.17, 15) is 0 Å². The Morgan fingerprint density at radius 1 is 1.20 bits per heavy atom. The maximum atomic E-state index is 8.80. The smallest absolute Gasteiger partial charge is 0.182 e. The lowest BCUT2D eigenvalue weighted by molar-refractivity contribution is 0.619. The lowest BCUT2D eigenvalue weighted by Crippen LogP contribution is -2.18. The van der Waals surface area contributed by atoms with Crippen LogP contribution in [0.25, 0.3) is 0 Å². The molecule has 0 atom stereocenters. The molecule has 1 aromatic heterocycles.